The molecule has 0 saturated carbocycles. The Hall–Kier alpha value is -3.25. The number of amides is 1. The zero-order valence-corrected chi connectivity index (χ0v) is 17.1. The molecule has 1 aliphatic rings. The largest absolute Gasteiger partial charge is 0.488 e. The molecule has 0 radical (unpaired) electrons. The minimum absolute atomic E-state index is 0.462. The Morgan fingerprint density at radius 2 is 1.80 bits per heavy atom. The predicted octanol–water partition coefficient (Wildman–Crippen LogP) is 4.78. The van der Waals surface area contributed by atoms with Crippen molar-refractivity contribution in [3.05, 3.63) is 77.4 Å². The molecule has 7 heteroatoms. The summed E-state index contributed by atoms with van der Waals surface area (Å²) >= 11 is 6.28. The van der Waals surface area contributed by atoms with Crippen LogP contribution in [-0.2, 0) is 6.61 Å². The van der Waals surface area contributed by atoms with E-state index < -0.39 is 6.09 Å². The van der Waals surface area contributed by atoms with Crippen LogP contribution < -0.4 is 9.64 Å². The fraction of sp³-hybridized carbons (Fsp3) is 0.217. The molecule has 3 aromatic rings. The van der Waals surface area contributed by atoms with Crippen molar-refractivity contribution in [1.82, 2.24) is 9.88 Å². The summed E-state index contributed by atoms with van der Waals surface area (Å²) in [5.41, 5.74) is 2.93. The van der Waals surface area contributed by atoms with Gasteiger partial charge in [-0.3, -0.25) is 0 Å². The van der Waals surface area contributed by atoms with Gasteiger partial charge < -0.3 is 19.6 Å². The van der Waals surface area contributed by atoms with Gasteiger partial charge in [-0.25, -0.2) is 9.78 Å². The number of carboxylic acid groups (broad SMARTS) is 1. The van der Waals surface area contributed by atoms with Crippen molar-refractivity contribution in [3.63, 3.8) is 0 Å². The van der Waals surface area contributed by atoms with Crippen molar-refractivity contribution in [2.75, 3.05) is 31.1 Å². The zero-order chi connectivity index (χ0) is 20.9. The van der Waals surface area contributed by atoms with Gasteiger partial charge in [0, 0.05) is 43.0 Å². The zero-order valence-electron chi connectivity index (χ0n) is 16.4. The summed E-state index contributed by atoms with van der Waals surface area (Å²) in [5, 5.41) is 9.77. The summed E-state index contributed by atoms with van der Waals surface area (Å²) in [6.07, 6.45) is 0.881. The van der Waals surface area contributed by atoms with Gasteiger partial charge in [0.25, 0.3) is 0 Å². The molecular weight excluding hydrogens is 402 g/mol. The number of aromatic nitrogens is 1. The van der Waals surface area contributed by atoms with Crippen molar-refractivity contribution >= 4 is 23.5 Å². The summed E-state index contributed by atoms with van der Waals surface area (Å²) in [6.45, 7) is 2.60. The van der Waals surface area contributed by atoms with Crippen LogP contribution in [0.1, 0.15) is 5.56 Å². The average Bonchev–Trinajstić information content (AvgIpc) is 2.79. The summed E-state index contributed by atoms with van der Waals surface area (Å²) in [4.78, 5) is 19.1. The first-order chi connectivity index (χ1) is 14.6. The maximum atomic E-state index is 11.1. The number of pyridine rings is 1. The first kappa shape index (κ1) is 20.0. The number of rotatable bonds is 5. The van der Waals surface area contributed by atoms with E-state index in [1.165, 1.54) is 4.90 Å². The maximum Gasteiger partial charge on any atom is 0.407 e. The molecule has 1 saturated heterocycles. The van der Waals surface area contributed by atoms with E-state index in [0.29, 0.717) is 37.8 Å². The van der Waals surface area contributed by atoms with E-state index in [4.69, 9.17) is 21.4 Å². The van der Waals surface area contributed by atoms with E-state index in [-0.39, 0.29) is 0 Å². The van der Waals surface area contributed by atoms with Gasteiger partial charge in [-0.1, -0.05) is 41.9 Å². The molecule has 30 heavy (non-hydrogen) atoms. The van der Waals surface area contributed by atoms with E-state index >= 15 is 0 Å². The van der Waals surface area contributed by atoms with Crippen LogP contribution in [0.2, 0.25) is 5.02 Å². The van der Waals surface area contributed by atoms with E-state index in [1.807, 2.05) is 60.7 Å². The number of hydrogen-bond donors (Lipinski definition) is 1. The average molecular weight is 424 g/mol. The van der Waals surface area contributed by atoms with Crippen LogP contribution >= 0.6 is 11.6 Å². The van der Waals surface area contributed by atoms with E-state index in [1.54, 1.807) is 6.20 Å². The van der Waals surface area contributed by atoms with Crippen LogP contribution in [0.4, 0.5) is 10.6 Å². The molecule has 0 spiro atoms. The Morgan fingerprint density at radius 1 is 1.03 bits per heavy atom. The number of benzene rings is 2. The second-order valence-corrected chi connectivity index (χ2v) is 7.51. The second-order valence-electron chi connectivity index (χ2n) is 7.07. The molecule has 1 amide bonds. The molecule has 1 N–H and O–H groups in total. The lowest BCUT2D eigenvalue weighted by Crippen LogP contribution is -2.48. The number of hydrogen-bond acceptors (Lipinski definition) is 4. The molecular formula is C23H22ClN3O3. The van der Waals surface area contributed by atoms with Crippen molar-refractivity contribution in [1.29, 1.82) is 0 Å². The third kappa shape index (κ3) is 4.66. The van der Waals surface area contributed by atoms with Gasteiger partial charge in [-0.15, -0.1) is 0 Å². The van der Waals surface area contributed by atoms with Gasteiger partial charge in [0.05, 0.1) is 0 Å². The number of ether oxygens (including phenoxy) is 1. The topological polar surface area (TPSA) is 65.9 Å². The Kier molecular flexibility index (Phi) is 6.05. The number of anilines is 1. The molecule has 0 bridgehead atoms. The minimum atomic E-state index is -0.879. The number of piperazine rings is 1. The molecule has 1 aromatic heterocycles. The Labute approximate surface area is 180 Å². The normalized spacial score (nSPS) is 13.9. The third-order valence-electron chi connectivity index (χ3n) is 5.11. The molecule has 0 unspecified atom stereocenters. The highest BCUT2D eigenvalue weighted by Crippen LogP contribution is 2.34. The SMILES string of the molecule is O=C(O)N1CCN(c2cc(-c3cc(Cl)ccc3OCc3ccccc3)ccn2)CC1. The monoisotopic (exact) mass is 423 g/mol. The van der Waals surface area contributed by atoms with Crippen molar-refractivity contribution in [3.8, 4) is 16.9 Å². The number of nitrogens with zero attached hydrogens (tertiary/aromatic N) is 3. The van der Waals surface area contributed by atoms with Gasteiger partial charge in [0.1, 0.15) is 18.2 Å². The van der Waals surface area contributed by atoms with Crippen LogP contribution in [0.5, 0.6) is 5.75 Å². The highest BCUT2D eigenvalue weighted by Gasteiger charge is 2.21. The molecule has 6 nitrogen and oxygen atoms in total. The summed E-state index contributed by atoms with van der Waals surface area (Å²) in [7, 11) is 0. The molecule has 4 rings (SSSR count). The lowest BCUT2D eigenvalue weighted by molar-refractivity contribution is 0.142. The molecule has 2 heterocycles. The van der Waals surface area contributed by atoms with Gasteiger partial charge >= 0.3 is 6.09 Å². The van der Waals surface area contributed by atoms with Crippen LogP contribution in [0, 0.1) is 0 Å². The highest BCUT2D eigenvalue weighted by molar-refractivity contribution is 6.31. The number of halogens is 1. The van der Waals surface area contributed by atoms with Crippen LogP contribution in [0.3, 0.4) is 0 Å². The standard InChI is InChI=1S/C23H22ClN3O3/c24-19-6-7-21(30-16-17-4-2-1-3-5-17)20(15-19)18-8-9-25-22(14-18)26-10-12-27(13-11-26)23(28)29/h1-9,14-15H,10-13,16H2,(H,28,29). The lowest BCUT2D eigenvalue weighted by atomic mass is 10.1. The Morgan fingerprint density at radius 3 is 2.53 bits per heavy atom. The first-order valence-electron chi connectivity index (χ1n) is 9.76. The fourth-order valence-corrected chi connectivity index (χ4v) is 3.65. The Bertz CT molecular complexity index is 1020. The van der Waals surface area contributed by atoms with E-state index in [9.17, 15) is 4.79 Å². The maximum absolute atomic E-state index is 11.1. The smallest absolute Gasteiger partial charge is 0.407 e. The fourth-order valence-electron chi connectivity index (χ4n) is 3.47. The molecule has 154 valence electrons. The number of carbonyl (C=O) groups is 1. The van der Waals surface area contributed by atoms with Crippen molar-refractivity contribution < 1.29 is 14.6 Å². The molecule has 2 aromatic carbocycles. The van der Waals surface area contributed by atoms with E-state index in [0.717, 1.165) is 28.3 Å². The third-order valence-corrected chi connectivity index (χ3v) is 5.34. The van der Waals surface area contributed by atoms with Crippen LogP contribution in [-0.4, -0.2) is 47.3 Å². The summed E-state index contributed by atoms with van der Waals surface area (Å²) in [5.74, 6) is 1.56. The van der Waals surface area contributed by atoms with Crippen LogP contribution in [0.25, 0.3) is 11.1 Å². The minimum Gasteiger partial charge on any atom is -0.488 e. The second kappa shape index (κ2) is 9.05. The molecule has 1 aliphatic heterocycles. The van der Waals surface area contributed by atoms with Gasteiger partial charge in [-0.05, 0) is 41.5 Å². The van der Waals surface area contributed by atoms with E-state index in [2.05, 4.69) is 9.88 Å². The molecule has 0 aliphatic carbocycles. The lowest BCUT2D eigenvalue weighted by Gasteiger charge is -2.34. The quantitative estimate of drug-likeness (QED) is 0.639. The van der Waals surface area contributed by atoms with Crippen molar-refractivity contribution in [2.24, 2.45) is 0 Å². The van der Waals surface area contributed by atoms with Gasteiger partial charge in [-0.2, -0.15) is 0 Å². The molecule has 0 atom stereocenters. The molecule has 1 fully saturated rings. The Balaban J connectivity index is 1.56. The van der Waals surface area contributed by atoms with Crippen LogP contribution in [0.15, 0.2) is 66.9 Å². The first-order valence-corrected chi connectivity index (χ1v) is 10.1. The van der Waals surface area contributed by atoms with Crippen molar-refractivity contribution in [2.45, 2.75) is 6.61 Å². The summed E-state index contributed by atoms with van der Waals surface area (Å²) < 4.78 is 6.09. The summed E-state index contributed by atoms with van der Waals surface area (Å²) in [6, 6.07) is 19.5. The highest BCUT2D eigenvalue weighted by atomic mass is 35.5. The predicted molar refractivity (Wildman–Crippen MR) is 117 cm³/mol. The van der Waals surface area contributed by atoms with Gasteiger partial charge in [0.15, 0.2) is 0 Å². The van der Waals surface area contributed by atoms with Gasteiger partial charge in [0.2, 0.25) is 0 Å².